The lowest BCUT2D eigenvalue weighted by Crippen LogP contribution is -3.30. The third kappa shape index (κ3) is 3.30. The molecule has 204 valence electrons. The molecule has 2 aromatic heterocycles. The van der Waals surface area contributed by atoms with Crippen LogP contribution in [0.5, 0.6) is 0 Å². The summed E-state index contributed by atoms with van der Waals surface area (Å²) in [7, 11) is 0. The van der Waals surface area contributed by atoms with E-state index in [1.165, 1.54) is 32.6 Å². The molecule has 1 fully saturated rings. The summed E-state index contributed by atoms with van der Waals surface area (Å²) in [5, 5.41) is 10.9. The predicted molar refractivity (Wildman–Crippen MR) is 170 cm³/mol. The van der Waals surface area contributed by atoms with Gasteiger partial charge in [0.25, 0.3) is 0 Å². The maximum Gasteiger partial charge on any atom is 0.228 e. The van der Waals surface area contributed by atoms with Crippen molar-refractivity contribution in [3.8, 4) is 5.69 Å². The molecule has 6 aromatic rings. The molecule has 0 radical (unpaired) electrons. The van der Waals surface area contributed by atoms with Crippen molar-refractivity contribution >= 4 is 49.4 Å². The van der Waals surface area contributed by atoms with Crippen LogP contribution in [0.25, 0.3) is 49.4 Å². The summed E-state index contributed by atoms with van der Waals surface area (Å²) in [4.78, 5) is 1.41. The number of furan rings is 1. The van der Waals surface area contributed by atoms with Crippen LogP contribution >= 0.6 is 0 Å². The van der Waals surface area contributed by atoms with Crippen LogP contribution in [0.4, 0.5) is 5.69 Å². The van der Waals surface area contributed by atoms with E-state index >= 15 is 0 Å². The monoisotopic (exact) mass is 548 g/mol. The van der Waals surface area contributed by atoms with Gasteiger partial charge in [-0.2, -0.15) is 0 Å². The number of nitrogens with one attached hydrogen (secondary N) is 2. The van der Waals surface area contributed by atoms with E-state index in [9.17, 15) is 0 Å². The zero-order chi connectivity index (χ0) is 27.8. The van der Waals surface area contributed by atoms with Gasteiger partial charge in [-0.15, -0.1) is 0 Å². The van der Waals surface area contributed by atoms with Gasteiger partial charge in [0.15, 0.2) is 28.7 Å². The van der Waals surface area contributed by atoms with Gasteiger partial charge in [-0.25, -0.2) is 5.32 Å². The third-order valence-electron chi connectivity index (χ3n) is 9.54. The smallest absolute Gasteiger partial charge is 0.228 e. The molecular formula is C37H32N4O+2. The van der Waals surface area contributed by atoms with E-state index in [0.29, 0.717) is 0 Å². The number of nitrogens with zero attached hydrogens (tertiary/aromatic N) is 1. The average molecular weight is 549 g/mol. The number of allylic oxidation sites excluding steroid dienone is 5. The van der Waals surface area contributed by atoms with Crippen LogP contribution in [0.15, 0.2) is 138 Å². The average Bonchev–Trinajstić information content (AvgIpc) is 3.74. The van der Waals surface area contributed by atoms with Crippen molar-refractivity contribution in [3.05, 3.63) is 133 Å². The molecular weight excluding hydrogens is 516 g/mol. The molecule has 0 amide bonds. The van der Waals surface area contributed by atoms with Gasteiger partial charge in [0.1, 0.15) is 0 Å². The minimum Gasteiger partial charge on any atom is -0.448 e. The van der Waals surface area contributed by atoms with Crippen molar-refractivity contribution in [1.82, 2.24) is 9.88 Å². The highest BCUT2D eigenvalue weighted by atomic mass is 16.3. The first-order chi connectivity index (χ1) is 20.7. The van der Waals surface area contributed by atoms with E-state index in [2.05, 4.69) is 150 Å². The number of para-hydroxylation sites is 3. The van der Waals surface area contributed by atoms with Gasteiger partial charge in [-0.3, -0.25) is 10.2 Å². The molecule has 0 bridgehead atoms. The molecule has 9 rings (SSSR count). The Labute approximate surface area is 243 Å². The van der Waals surface area contributed by atoms with Gasteiger partial charge in [-0.1, -0.05) is 78.9 Å². The molecule has 0 spiro atoms. The lowest BCUT2D eigenvalue weighted by Gasteiger charge is -2.51. The zero-order valence-corrected chi connectivity index (χ0v) is 23.4. The second-order valence-corrected chi connectivity index (χ2v) is 12.0. The van der Waals surface area contributed by atoms with Gasteiger partial charge < -0.3 is 8.98 Å². The van der Waals surface area contributed by atoms with Crippen LogP contribution in [0.1, 0.15) is 13.3 Å². The number of benzene rings is 4. The number of rotatable bonds is 4. The maximum atomic E-state index is 7.08. The number of nitrogens with two attached hydrogens (primary N) is 1. The fraction of sp³-hybridized carbons (Fsp3) is 0.135. The highest BCUT2D eigenvalue weighted by Gasteiger charge is 2.56. The minimum atomic E-state index is -0.00560. The van der Waals surface area contributed by atoms with E-state index in [0.717, 1.165) is 39.6 Å². The second-order valence-electron chi connectivity index (χ2n) is 12.0. The lowest BCUT2D eigenvalue weighted by molar-refractivity contribution is -0.956. The van der Waals surface area contributed by atoms with Crippen LogP contribution in [0.2, 0.25) is 0 Å². The molecule has 4 aromatic carbocycles. The van der Waals surface area contributed by atoms with E-state index in [1.807, 2.05) is 0 Å². The van der Waals surface area contributed by atoms with Gasteiger partial charge in [-0.05, 0) is 43.7 Å². The van der Waals surface area contributed by atoms with Gasteiger partial charge >= 0.3 is 0 Å². The molecule has 3 aliphatic rings. The van der Waals surface area contributed by atoms with Crippen LogP contribution in [-0.2, 0) is 0 Å². The second kappa shape index (κ2) is 8.91. The summed E-state index contributed by atoms with van der Waals surface area (Å²) in [6.45, 7) is 2.37. The summed E-state index contributed by atoms with van der Waals surface area (Å²) in [5.41, 5.74) is 7.86. The lowest BCUT2D eigenvalue weighted by atomic mass is 9.77. The highest BCUT2D eigenvalue weighted by molar-refractivity contribution is 6.22. The normalized spacial score (nSPS) is 25.2. The Morgan fingerprint density at radius 1 is 0.833 bits per heavy atom. The Morgan fingerprint density at radius 2 is 1.64 bits per heavy atom. The first-order valence-corrected chi connectivity index (χ1v) is 14.8. The van der Waals surface area contributed by atoms with Crippen molar-refractivity contribution < 1.29 is 14.6 Å². The first-order valence-electron chi connectivity index (χ1n) is 14.8. The van der Waals surface area contributed by atoms with Gasteiger partial charge in [0.05, 0.1) is 22.6 Å². The molecule has 0 saturated carbocycles. The van der Waals surface area contributed by atoms with Crippen molar-refractivity contribution in [2.75, 3.05) is 0 Å². The topological polar surface area (TPSA) is 51.1 Å². The fourth-order valence-electron chi connectivity index (χ4n) is 7.46. The number of aromatic nitrogens is 1. The first kappa shape index (κ1) is 24.0. The van der Waals surface area contributed by atoms with Crippen LogP contribution in [-0.4, -0.2) is 16.9 Å². The number of quaternary nitrogens is 2. The van der Waals surface area contributed by atoms with Crippen molar-refractivity contribution in [3.63, 3.8) is 0 Å². The molecule has 1 saturated heterocycles. The zero-order valence-electron chi connectivity index (χ0n) is 23.4. The van der Waals surface area contributed by atoms with Crippen LogP contribution in [0.3, 0.4) is 0 Å². The fourth-order valence-corrected chi connectivity index (χ4v) is 7.46. The van der Waals surface area contributed by atoms with Crippen molar-refractivity contribution in [2.45, 2.75) is 25.7 Å². The quantitative estimate of drug-likeness (QED) is 0.255. The Kier molecular flexibility index (Phi) is 5.08. The summed E-state index contributed by atoms with van der Waals surface area (Å²) in [6, 6.07) is 30.5. The number of fused-ring (bicyclic) bond motifs is 7. The van der Waals surface area contributed by atoms with Crippen molar-refractivity contribution in [1.29, 1.82) is 0 Å². The SMILES string of the molecule is CC1(C2NC(C3=CC=C[NH2+]3)[NH+]2c2cccc3c2oc2c3ccc3c4ccccc4n(-c4ccccc4)c32)C=CC=CC1. The van der Waals surface area contributed by atoms with E-state index in [1.54, 1.807) is 0 Å². The third-order valence-corrected chi connectivity index (χ3v) is 9.54. The predicted octanol–water partition coefficient (Wildman–Crippen LogP) is 5.95. The van der Waals surface area contributed by atoms with E-state index in [-0.39, 0.29) is 17.7 Å². The molecule has 5 heteroatoms. The number of hydrogen-bond acceptors (Lipinski definition) is 2. The highest BCUT2D eigenvalue weighted by Crippen LogP contribution is 2.42. The minimum absolute atomic E-state index is 0.00560. The molecule has 4 unspecified atom stereocenters. The summed E-state index contributed by atoms with van der Waals surface area (Å²) < 4.78 is 9.44. The van der Waals surface area contributed by atoms with Gasteiger partial charge in [0, 0.05) is 39.4 Å². The Morgan fingerprint density at radius 3 is 2.48 bits per heavy atom. The summed E-state index contributed by atoms with van der Waals surface area (Å²) in [6.07, 6.45) is 16.9. The molecule has 1 aliphatic carbocycles. The molecule has 4 heterocycles. The Hall–Kier alpha value is -4.68. The van der Waals surface area contributed by atoms with E-state index in [4.69, 9.17) is 4.42 Å². The van der Waals surface area contributed by atoms with E-state index < -0.39 is 0 Å². The van der Waals surface area contributed by atoms with Crippen LogP contribution in [0, 0.1) is 5.41 Å². The largest absolute Gasteiger partial charge is 0.448 e. The van der Waals surface area contributed by atoms with Gasteiger partial charge in [0.2, 0.25) is 6.17 Å². The number of hydrogen-bond donors (Lipinski definition) is 3. The molecule has 42 heavy (non-hydrogen) atoms. The molecule has 4 N–H and O–H groups in total. The Balaban J connectivity index is 1.31. The van der Waals surface area contributed by atoms with Crippen molar-refractivity contribution in [2.24, 2.45) is 5.41 Å². The molecule has 5 nitrogen and oxygen atoms in total. The standard InChI is InChI=1S/C37H30N4O/c1-37(21-8-3-9-22-37)36-39-35(29-16-11-23-38-29)41(36)31-18-10-15-27-28-20-19-26-25-14-6-7-17-30(25)40(24-12-4-2-5-13-24)32(26)34(28)42-33(27)31/h2-21,23,35-36,38-39H,22H2,1H3/p+2. The maximum absolute atomic E-state index is 7.08. The summed E-state index contributed by atoms with van der Waals surface area (Å²) in [5.74, 6) is 0. The summed E-state index contributed by atoms with van der Waals surface area (Å²) >= 11 is 0. The Bertz CT molecular complexity index is 2160. The van der Waals surface area contributed by atoms with Crippen LogP contribution < -0.4 is 15.5 Å². The molecule has 4 atom stereocenters. The molecule has 2 aliphatic heterocycles.